The molecule has 0 N–H and O–H groups in total. The van der Waals surface area contributed by atoms with Crippen molar-refractivity contribution in [1.29, 1.82) is 0 Å². The predicted molar refractivity (Wildman–Crippen MR) is 111 cm³/mol. The molecule has 2 aliphatic rings. The molecule has 0 bridgehead atoms. The van der Waals surface area contributed by atoms with Gasteiger partial charge in [0.15, 0.2) is 0 Å². The molecule has 4 rings (SSSR count). The molecule has 3 heteroatoms. The van der Waals surface area contributed by atoms with Crippen molar-refractivity contribution in [1.82, 2.24) is 0 Å². The topological polar surface area (TPSA) is 0 Å². The second-order valence-corrected chi connectivity index (χ2v) is 15.3. The molecule has 0 saturated carbocycles. The molecule has 0 heterocycles. The number of allylic oxidation sites excluding steroid dienone is 2. The summed E-state index contributed by atoms with van der Waals surface area (Å²) in [5.41, 5.74) is 9.53. The first-order chi connectivity index (χ1) is 12.7. The van der Waals surface area contributed by atoms with Crippen LogP contribution in [0.5, 0.6) is 0 Å². The summed E-state index contributed by atoms with van der Waals surface area (Å²) in [6.07, 6.45) is 7.35. The number of halogens is 2. The zero-order valence-electron chi connectivity index (χ0n) is 17.1. The van der Waals surface area contributed by atoms with Gasteiger partial charge in [0.25, 0.3) is 0 Å². The number of rotatable bonds is 4. The predicted octanol–water partition coefficient (Wildman–Crippen LogP) is 0.921. The molecule has 146 valence electrons. The Morgan fingerprint density at radius 1 is 0.714 bits per heavy atom. The third kappa shape index (κ3) is 3.96. The van der Waals surface area contributed by atoms with Crippen LogP contribution in [0.15, 0.2) is 59.7 Å². The minimum atomic E-state index is -2.00. The molecular weight excluding hydrogens is 462 g/mol. The maximum Gasteiger partial charge on any atom is -1.00 e. The van der Waals surface area contributed by atoms with Gasteiger partial charge >= 0.3 is 166 Å². The first-order valence-electron chi connectivity index (χ1n) is 9.91. The molecule has 0 radical (unpaired) electrons. The van der Waals surface area contributed by atoms with Gasteiger partial charge in [-0.25, -0.2) is 0 Å². The largest absolute Gasteiger partial charge is 1.00 e. The van der Waals surface area contributed by atoms with E-state index < -0.39 is 21.3 Å². The van der Waals surface area contributed by atoms with E-state index in [2.05, 4.69) is 88.4 Å². The molecule has 0 aromatic heterocycles. The van der Waals surface area contributed by atoms with E-state index in [1.807, 2.05) is 0 Å². The number of benzene rings is 2. The van der Waals surface area contributed by atoms with Gasteiger partial charge in [-0.05, 0) is 0 Å². The van der Waals surface area contributed by atoms with Crippen LogP contribution in [0.4, 0.5) is 0 Å². The van der Waals surface area contributed by atoms with Crippen LogP contribution in [0.1, 0.15) is 70.0 Å². The van der Waals surface area contributed by atoms with Gasteiger partial charge in [0, 0.05) is 0 Å². The maximum atomic E-state index is 2.50. The van der Waals surface area contributed by atoms with Crippen molar-refractivity contribution in [2.45, 2.75) is 47.8 Å². The normalized spacial score (nSPS) is 18.5. The summed E-state index contributed by atoms with van der Waals surface area (Å²) in [6, 6.07) is 18.3. The van der Waals surface area contributed by atoms with E-state index in [0.29, 0.717) is 7.25 Å². The van der Waals surface area contributed by atoms with E-state index in [-0.39, 0.29) is 24.8 Å². The van der Waals surface area contributed by atoms with E-state index in [9.17, 15) is 0 Å². The van der Waals surface area contributed by atoms with Gasteiger partial charge in [-0.3, -0.25) is 0 Å². The number of hydrogen-bond acceptors (Lipinski definition) is 0. The fourth-order valence-electron chi connectivity index (χ4n) is 4.87. The molecule has 0 aliphatic heterocycles. The van der Waals surface area contributed by atoms with Crippen molar-refractivity contribution < 1.29 is 46.1 Å². The first-order valence-corrected chi connectivity index (χ1v) is 14.0. The van der Waals surface area contributed by atoms with Gasteiger partial charge in [0.2, 0.25) is 0 Å². The van der Waals surface area contributed by atoms with Crippen molar-refractivity contribution in [3.05, 3.63) is 81.9 Å². The first kappa shape index (κ1) is 23.5. The van der Waals surface area contributed by atoms with Crippen LogP contribution in [0.25, 0.3) is 12.2 Å². The molecule has 2 unspecified atom stereocenters. The summed E-state index contributed by atoms with van der Waals surface area (Å²) in [4.78, 5) is 0. The van der Waals surface area contributed by atoms with Crippen LogP contribution >= 0.6 is 0 Å². The fourth-order valence-corrected chi connectivity index (χ4v) is 14.8. The molecule has 0 fully saturated rings. The van der Waals surface area contributed by atoms with E-state index >= 15 is 0 Å². The van der Waals surface area contributed by atoms with Crippen molar-refractivity contribution >= 4 is 15.4 Å². The molecule has 2 atom stereocenters. The van der Waals surface area contributed by atoms with E-state index in [0.717, 1.165) is 0 Å². The van der Waals surface area contributed by atoms with Crippen LogP contribution in [-0.4, -0.2) is 3.21 Å². The van der Waals surface area contributed by atoms with Gasteiger partial charge in [-0.1, -0.05) is 0 Å². The summed E-state index contributed by atoms with van der Waals surface area (Å²) < 4.78 is 3.15. The van der Waals surface area contributed by atoms with Crippen molar-refractivity contribution in [3.63, 3.8) is 0 Å². The Balaban J connectivity index is 0.00000140. The Morgan fingerprint density at radius 2 is 1.11 bits per heavy atom. The molecule has 0 spiro atoms. The number of fused-ring (bicyclic) bond motifs is 2. The van der Waals surface area contributed by atoms with Crippen LogP contribution in [0, 0.1) is 0 Å². The quantitative estimate of drug-likeness (QED) is 0.598. The molecular formula is C25H28Cl2Zr. The Morgan fingerprint density at radius 3 is 1.46 bits per heavy atom. The second kappa shape index (κ2) is 9.84. The third-order valence-electron chi connectivity index (χ3n) is 6.05. The Labute approximate surface area is 190 Å². The molecule has 2 aromatic carbocycles. The fraction of sp³-hybridized carbons (Fsp3) is 0.320. The Hall–Kier alpha value is -0.747. The summed E-state index contributed by atoms with van der Waals surface area (Å²) >= 11 is -2.00. The van der Waals surface area contributed by atoms with Gasteiger partial charge in [-0.15, -0.1) is 0 Å². The Bertz CT molecular complexity index is 877. The van der Waals surface area contributed by atoms with E-state index in [1.54, 1.807) is 25.5 Å². The summed E-state index contributed by atoms with van der Waals surface area (Å²) in [5.74, 6) is 0. The van der Waals surface area contributed by atoms with Crippen molar-refractivity contribution in [3.8, 4) is 0 Å². The number of hydrogen-bond donors (Lipinski definition) is 0. The molecule has 2 aliphatic carbocycles. The Kier molecular flexibility index (Phi) is 8.27. The second-order valence-electron chi connectivity index (χ2n) is 7.72. The smallest absolute Gasteiger partial charge is 1.00 e. The van der Waals surface area contributed by atoms with Crippen LogP contribution in [0.2, 0.25) is 0 Å². The van der Waals surface area contributed by atoms with Crippen LogP contribution in [0.3, 0.4) is 0 Å². The summed E-state index contributed by atoms with van der Waals surface area (Å²) in [6.45, 7) is 9.54. The molecule has 0 amide bonds. The average Bonchev–Trinajstić information content (AvgIpc) is 3.21. The van der Waals surface area contributed by atoms with Gasteiger partial charge in [0.1, 0.15) is 0 Å². The minimum absolute atomic E-state index is 0. The van der Waals surface area contributed by atoms with Crippen molar-refractivity contribution in [2.24, 2.45) is 0 Å². The SMILES string of the molecule is CCC1=Cc2ccccc2[CH]1[Zr+2](=[C](C)C)[CH]1C(CC)=Cc2ccccc21.[Cl-].[Cl-]. The third-order valence-corrected chi connectivity index (χ3v) is 15.3. The summed E-state index contributed by atoms with van der Waals surface area (Å²) in [7, 11) is 0. The zero-order chi connectivity index (χ0) is 18.3. The maximum absolute atomic E-state index is 2.50. The van der Waals surface area contributed by atoms with E-state index in [1.165, 1.54) is 24.0 Å². The zero-order valence-corrected chi connectivity index (χ0v) is 21.1. The van der Waals surface area contributed by atoms with Gasteiger partial charge in [-0.2, -0.15) is 0 Å². The van der Waals surface area contributed by atoms with E-state index in [4.69, 9.17) is 0 Å². The van der Waals surface area contributed by atoms with Gasteiger partial charge in [0.05, 0.1) is 0 Å². The monoisotopic (exact) mass is 488 g/mol. The molecule has 0 nitrogen and oxygen atoms in total. The summed E-state index contributed by atoms with van der Waals surface area (Å²) in [5, 5.41) is 0. The molecule has 0 saturated heterocycles. The van der Waals surface area contributed by atoms with Crippen LogP contribution < -0.4 is 24.8 Å². The van der Waals surface area contributed by atoms with Gasteiger partial charge < -0.3 is 24.8 Å². The molecule has 2 aromatic rings. The average molecular weight is 491 g/mol. The van der Waals surface area contributed by atoms with Crippen LogP contribution in [-0.2, 0) is 21.3 Å². The minimum Gasteiger partial charge on any atom is -1.00 e. The standard InChI is InChI=1S/2C11H11.C3H6.2ClH.Zr/c2*1-2-9-7-10-5-3-4-6-11(10)8-9;1-3-2;;;/h2*3-8H,2H2,1H3;1-2H3;2*1H;/q;;;;;+2/p-2. The molecule has 28 heavy (non-hydrogen) atoms. The van der Waals surface area contributed by atoms with Crippen molar-refractivity contribution in [2.75, 3.05) is 0 Å².